The molecular weight excluding hydrogens is 332 g/mol. The molecule has 26 heavy (non-hydrogen) atoms. The van der Waals surface area contributed by atoms with Crippen LogP contribution in [-0.2, 0) is 0 Å². The second-order valence-corrected chi connectivity index (χ2v) is 5.93. The number of para-hydroxylation sites is 1. The molecule has 0 radical (unpaired) electrons. The Kier molecular flexibility index (Phi) is 4.27. The number of nitrogens with zero attached hydrogens (tertiary/aromatic N) is 3. The minimum Gasteiger partial charge on any atom is -0.490 e. The maximum absolute atomic E-state index is 12.6. The number of carbonyl (C=O) groups is 1. The summed E-state index contributed by atoms with van der Waals surface area (Å²) in [6, 6.07) is 14.8. The van der Waals surface area contributed by atoms with Crippen LogP contribution in [0.15, 0.2) is 48.5 Å². The van der Waals surface area contributed by atoms with Crippen LogP contribution in [-0.4, -0.2) is 34.1 Å². The maximum atomic E-state index is 12.6. The van der Waals surface area contributed by atoms with E-state index < -0.39 is 0 Å². The molecule has 132 valence electrons. The number of fused-ring (bicyclic) bond motifs is 1. The first kappa shape index (κ1) is 16.1. The van der Waals surface area contributed by atoms with Crippen LogP contribution in [0.4, 0.5) is 5.69 Å². The molecule has 0 spiro atoms. The molecule has 1 aromatic heterocycles. The monoisotopic (exact) mass is 350 g/mol. The van der Waals surface area contributed by atoms with Crippen LogP contribution in [0.25, 0.3) is 5.69 Å². The van der Waals surface area contributed by atoms with E-state index in [9.17, 15) is 4.79 Å². The molecule has 1 aliphatic rings. The van der Waals surface area contributed by atoms with Crippen molar-refractivity contribution in [3.63, 3.8) is 0 Å². The van der Waals surface area contributed by atoms with Gasteiger partial charge in [0.2, 0.25) is 0 Å². The van der Waals surface area contributed by atoms with E-state index in [1.165, 1.54) is 4.80 Å². The van der Waals surface area contributed by atoms with Crippen molar-refractivity contribution >= 4 is 11.6 Å². The van der Waals surface area contributed by atoms with E-state index in [0.29, 0.717) is 36.1 Å². The van der Waals surface area contributed by atoms with Crippen molar-refractivity contribution in [2.45, 2.75) is 13.3 Å². The van der Waals surface area contributed by atoms with Crippen LogP contribution in [0.3, 0.4) is 0 Å². The lowest BCUT2D eigenvalue weighted by atomic mass is 10.2. The Labute approximate surface area is 150 Å². The molecule has 0 bridgehead atoms. The average molecular weight is 350 g/mol. The lowest BCUT2D eigenvalue weighted by Crippen LogP contribution is -2.14. The van der Waals surface area contributed by atoms with Gasteiger partial charge in [0.15, 0.2) is 17.2 Å². The van der Waals surface area contributed by atoms with Crippen molar-refractivity contribution in [3.8, 4) is 17.2 Å². The van der Waals surface area contributed by atoms with Crippen LogP contribution in [0.1, 0.15) is 22.6 Å². The van der Waals surface area contributed by atoms with Gasteiger partial charge in [-0.3, -0.25) is 4.79 Å². The maximum Gasteiger partial charge on any atom is 0.278 e. The summed E-state index contributed by atoms with van der Waals surface area (Å²) >= 11 is 0. The van der Waals surface area contributed by atoms with Gasteiger partial charge in [-0.2, -0.15) is 9.90 Å². The predicted molar refractivity (Wildman–Crippen MR) is 96.1 cm³/mol. The number of ether oxygens (including phenoxy) is 2. The minimum atomic E-state index is -0.320. The summed E-state index contributed by atoms with van der Waals surface area (Å²) in [5, 5.41) is 11.5. The zero-order valence-corrected chi connectivity index (χ0v) is 14.3. The van der Waals surface area contributed by atoms with Gasteiger partial charge in [-0.05, 0) is 31.2 Å². The van der Waals surface area contributed by atoms with Crippen molar-refractivity contribution in [3.05, 3.63) is 59.9 Å². The Balaban J connectivity index is 1.55. The molecule has 1 aliphatic heterocycles. The Morgan fingerprint density at radius 2 is 1.81 bits per heavy atom. The van der Waals surface area contributed by atoms with Gasteiger partial charge < -0.3 is 14.8 Å². The van der Waals surface area contributed by atoms with Gasteiger partial charge in [0.05, 0.1) is 24.6 Å². The van der Waals surface area contributed by atoms with Crippen LogP contribution in [0.2, 0.25) is 0 Å². The molecule has 4 rings (SSSR count). The third kappa shape index (κ3) is 3.23. The summed E-state index contributed by atoms with van der Waals surface area (Å²) < 4.78 is 11.3. The number of anilines is 1. The largest absolute Gasteiger partial charge is 0.490 e. The van der Waals surface area contributed by atoms with Crippen LogP contribution in [0.5, 0.6) is 11.5 Å². The number of hydrogen-bond donors (Lipinski definition) is 1. The smallest absolute Gasteiger partial charge is 0.278 e. The standard InChI is InChI=1S/C19H18N4O3/c1-13-18(22-23(21-13)15-6-3-2-4-7-15)19(24)20-14-8-9-16-17(12-14)26-11-5-10-25-16/h2-4,6-9,12H,5,10-11H2,1H3,(H,20,24). The van der Waals surface area contributed by atoms with Crippen molar-refractivity contribution in [1.29, 1.82) is 0 Å². The number of amides is 1. The minimum absolute atomic E-state index is 0.279. The summed E-state index contributed by atoms with van der Waals surface area (Å²) in [5.41, 5.74) is 2.25. The zero-order valence-electron chi connectivity index (χ0n) is 14.3. The highest BCUT2D eigenvalue weighted by Gasteiger charge is 2.18. The van der Waals surface area contributed by atoms with E-state index >= 15 is 0 Å². The Morgan fingerprint density at radius 1 is 1.04 bits per heavy atom. The first-order chi connectivity index (χ1) is 12.7. The van der Waals surface area contributed by atoms with Gasteiger partial charge in [-0.15, -0.1) is 5.10 Å². The van der Waals surface area contributed by atoms with Crippen molar-refractivity contribution in [2.75, 3.05) is 18.5 Å². The molecule has 7 nitrogen and oxygen atoms in total. The molecule has 3 aromatic rings. The zero-order chi connectivity index (χ0) is 17.9. The van der Waals surface area contributed by atoms with Gasteiger partial charge in [-0.1, -0.05) is 18.2 Å². The van der Waals surface area contributed by atoms with Gasteiger partial charge in [0.1, 0.15) is 0 Å². The van der Waals surface area contributed by atoms with Crippen LogP contribution < -0.4 is 14.8 Å². The lowest BCUT2D eigenvalue weighted by Gasteiger charge is -2.09. The summed E-state index contributed by atoms with van der Waals surface area (Å²) in [6.45, 7) is 2.98. The number of benzene rings is 2. The molecule has 2 aromatic carbocycles. The third-order valence-electron chi connectivity index (χ3n) is 3.99. The molecule has 0 aliphatic carbocycles. The topological polar surface area (TPSA) is 78.3 Å². The molecule has 7 heteroatoms. The Hall–Kier alpha value is -3.35. The number of carbonyl (C=O) groups excluding carboxylic acids is 1. The first-order valence-corrected chi connectivity index (χ1v) is 8.41. The summed E-state index contributed by atoms with van der Waals surface area (Å²) in [6.07, 6.45) is 0.832. The van der Waals surface area contributed by atoms with Crippen molar-refractivity contribution in [1.82, 2.24) is 15.0 Å². The highest BCUT2D eigenvalue weighted by Crippen LogP contribution is 2.32. The number of aryl methyl sites for hydroxylation is 1. The quantitative estimate of drug-likeness (QED) is 0.786. The van der Waals surface area contributed by atoms with E-state index in [0.717, 1.165) is 12.1 Å². The molecular formula is C19H18N4O3. The van der Waals surface area contributed by atoms with E-state index in [1.807, 2.05) is 30.3 Å². The fourth-order valence-electron chi connectivity index (χ4n) is 2.70. The van der Waals surface area contributed by atoms with Gasteiger partial charge in [-0.25, -0.2) is 0 Å². The second-order valence-electron chi connectivity index (χ2n) is 5.93. The van der Waals surface area contributed by atoms with Gasteiger partial charge >= 0.3 is 0 Å². The van der Waals surface area contributed by atoms with E-state index in [4.69, 9.17) is 9.47 Å². The average Bonchev–Trinajstić information content (AvgIpc) is 2.90. The van der Waals surface area contributed by atoms with E-state index in [1.54, 1.807) is 25.1 Å². The first-order valence-electron chi connectivity index (χ1n) is 8.41. The third-order valence-corrected chi connectivity index (χ3v) is 3.99. The Morgan fingerprint density at radius 3 is 2.62 bits per heavy atom. The van der Waals surface area contributed by atoms with Gasteiger partial charge in [0.25, 0.3) is 5.91 Å². The SMILES string of the molecule is Cc1nn(-c2ccccc2)nc1C(=O)Nc1ccc2c(c1)OCCCO2. The normalized spacial score (nSPS) is 13.1. The number of aromatic nitrogens is 3. The number of rotatable bonds is 3. The highest BCUT2D eigenvalue weighted by molar-refractivity contribution is 6.03. The highest BCUT2D eigenvalue weighted by atomic mass is 16.5. The molecule has 0 unspecified atom stereocenters. The molecule has 0 fully saturated rings. The molecule has 0 atom stereocenters. The predicted octanol–water partition coefficient (Wildman–Crippen LogP) is 2.99. The number of nitrogens with one attached hydrogen (secondary N) is 1. The van der Waals surface area contributed by atoms with Crippen LogP contribution >= 0.6 is 0 Å². The Bertz CT molecular complexity index is 937. The summed E-state index contributed by atoms with van der Waals surface area (Å²) in [7, 11) is 0. The molecule has 1 amide bonds. The van der Waals surface area contributed by atoms with Gasteiger partial charge in [0, 0.05) is 18.2 Å². The fraction of sp³-hybridized carbons (Fsp3) is 0.211. The molecule has 0 saturated carbocycles. The summed E-state index contributed by atoms with van der Waals surface area (Å²) in [5.74, 6) is 0.996. The fourth-order valence-corrected chi connectivity index (χ4v) is 2.70. The molecule has 0 saturated heterocycles. The van der Waals surface area contributed by atoms with Crippen LogP contribution in [0, 0.1) is 6.92 Å². The lowest BCUT2D eigenvalue weighted by molar-refractivity contribution is 0.102. The van der Waals surface area contributed by atoms with E-state index in [-0.39, 0.29) is 11.6 Å². The summed E-state index contributed by atoms with van der Waals surface area (Å²) in [4.78, 5) is 14.1. The van der Waals surface area contributed by atoms with E-state index in [2.05, 4.69) is 15.5 Å². The second kappa shape index (κ2) is 6.87. The molecule has 1 N–H and O–H groups in total. The molecule has 2 heterocycles. The van der Waals surface area contributed by atoms with Crippen molar-refractivity contribution in [2.24, 2.45) is 0 Å². The number of hydrogen-bond acceptors (Lipinski definition) is 5. The van der Waals surface area contributed by atoms with Crippen molar-refractivity contribution < 1.29 is 14.3 Å².